The molecular weight excluding hydrogens is 995 g/mol. The van der Waals surface area contributed by atoms with Crippen LogP contribution < -0.4 is 0 Å². The van der Waals surface area contributed by atoms with Gasteiger partial charge in [0.15, 0.2) is 0 Å². The molecule has 11 aromatic rings. The molecule has 0 atom stereocenters. The molecule has 0 aliphatic heterocycles. The first-order chi connectivity index (χ1) is 34.3. The first kappa shape index (κ1) is 38.5. The Labute approximate surface area is 416 Å². The average molecular weight is 1060 g/mol. The summed E-state index contributed by atoms with van der Waals surface area (Å²) in [7, 11) is 0. The monoisotopic (exact) mass is 1060 g/mol. The van der Waals surface area contributed by atoms with Gasteiger partial charge in [0, 0.05) is 45.6 Å². The molecule has 1 radical (unpaired) electrons. The van der Waals surface area contributed by atoms with E-state index in [9.17, 15) is 0 Å². The molecule has 0 unspecified atom stereocenters. The van der Waals surface area contributed by atoms with Crippen LogP contribution >= 0.6 is 0 Å². The molecular formula is C62H55IrN3O-2. The van der Waals surface area contributed by atoms with Crippen LogP contribution in [0, 0.1) is 25.8 Å². The number of pyridine rings is 1. The SMILES string of the molecule is [2H]C([2H])([2H])c1c[c-]c(-c2ccc(C(C)(C)C)cn2)cc1.[2H]C([2H])([2H])c1cccc2nc(-c3[c-]ccc4c3oc3cc5c(ccc6ccccc65)cc34)n(-c3c(C(C)C)cc(-c4ccccc4)cc3C(C)C)c12.[Ir]. The Hall–Kier alpha value is -6.65. The molecule has 0 fully saturated rings. The minimum atomic E-state index is -2.37. The van der Waals surface area contributed by atoms with Gasteiger partial charge in [0.05, 0.1) is 22.4 Å². The van der Waals surface area contributed by atoms with Crippen LogP contribution in [0.4, 0.5) is 0 Å². The predicted octanol–water partition coefficient (Wildman–Crippen LogP) is 17.1. The van der Waals surface area contributed by atoms with E-state index in [-0.39, 0.29) is 42.9 Å². The Balaban J connectivity index is 0.000000264. The number of rotatable bonds is 6. The van der Waals surface area contributed by atoms with Crippen LogP contribution in [-0.4, -0.2) is 14.5 Å². The fourth-order valence-corrected chi connectivity index (χ4v) is 9.12. The van der Waals surface area contributed by atoms with E-state index in [0.29, 0.717) is 33.6 Å². The number of hydrogen-bond donors (Lipinski definition) is 0. The van der Waals surface area contributed by atoms with E-state index in [1.54, 1.807) is 24.3 Å². The van der Waals surface area contributed by atoms with E-state index >= 15 is 0 Å². The molecule has 5 heteroatoms. The maximum Gasteiger partial charge on any atom is 0.121 e. The van der Waals surface area contributed by atoms with Crippen LogP contribution in [0.1, 0.15) is 96.3 Å². The van der Waals surface area contributed by atoms with Crippen LogP contribution in [-0.2, 0) is 25.5 Å². The Morgan fingerprint density at radius 1 is 0.657 bits per heavy atom. The molecule has 0 spiro atoms. The first-order valence-electron chi connectivity index (χ1n) is 25.7. The van der Waals surface area contributed by atoms with Crippen molar-refractivity contribution in [2.75, 3.05) is 0 Å². The number of para-hydroxylation sites is 1. The van der Waals surface area contributed by atoms with E-state index in [1.165, 1.54) is 22.4 Å². The van der Waals surface area contributed by atoms with Crippen molar-refractivity contribution in [2.24, 2.45) is 0 Å². The predicted molar refractivity (Wildman–Crippen MR) is 278 cm³/mol. The molecule has 4 nitrogen and oxygen atoms in total. The van der Waals surface area contributed by atoms with Gasteiger partial charge in [0.1, 0.15) is 5.58 Å². The van der Waals surface area contributed by atoms with Gasteiger partial charge < -0.3 is 14.0 Å². The van der Waals surface area contributed by atoms with Gasteiger partial charge in [0.25, 0.3) is 0 Å². The maximum atomic E-state index is 8.65. The summed E-state index contributed by atoms with van der Waals surface area (Å²) in [5, 5.41) is 6.59. The maximum absolute atomic E-state index is 8.65. The van der Waals surface area contributed by atoms with Crippen LogP contribution in [0.3, 0.4) is 0 Å². The van der Waals surface area contributed by atoms with Crippen molar-refractivity contribution in [1.82, 2.24) is 14.5 Å². The second-order valence-electron chi connectivity index (χ2n) is 18.8. The van der Waals surface area contributed by atoms with Gasteiger partial charge in [-0.1, -0.05) is 157 Å². The number of benzene rings is 8. The molecule has 0 saturated carbocycles. The topological polar surface area (TPSA) is 43.9 Å². The molecule has 0 aliphatic rings. The smallest absolute Gasteiger partial charge is 0.121 e. The van der Waals surface area contributed by atoms with E-state index in [0.717, 1.165) is 66.3 Å². The minimum Gasteiger partial charge on any atom is -0.501 e. The van der Waals surface area contributed by atoms with Crippen molar-refractivity contribution >= 4 is 54.5 Å². The number of aromatic nitrogens is 3. The van der Waals surface area contributed by atoms with Gasteiger partial charge in [-0.05, 0) is 115 Å². The summed E-state index contributed by atoms with van der Waals surface area (Å²) in [6.07, 6.45) is 1.86. The zero-order chi connectivity index (χ0) is 50.9. The number of nitrogens with zero attached hydrogens (tertiary/aromatic N) is 3. The third-order valence-corrected chi connectivity index (χ3v) is 12.7. The largest absolute Gasteiger partial charge is 0.501 e. The molecule has 0 aliphatic carbocycles. The van der Waals surface area contributed by atoms with Crippen molar-refractivity contribution < 1.29 is 32.7 Å². The summed E-state index contributed by atoms with van der Waals surface area (Å²) in [5.74, 6) is 0.840. The van der Waals surface area contributed by atoms with Gasteiger partial charge >= 0.3 is 0 Å². The van der Waals surface area contributed by atoms with E-state index in [1.807, 2.05) is 42.6 Å². The van der Waals surface area contributed by atoms with Crippen LogP contribution in [0.15, 0.2) is 162 Å². The first-order valence-corrected chi connectivity index (χ1v) is 22.7. The van der Waals surface area contributed by atoms with Crippen LogP contribution in [0.5, 0.6) is 0 Å². The quantitative estimate of drug-likeness (QED) is 0.123. The van der Waals surface area contributed by atoms with Crippen LogP contribution in [0.2, 0.25) is 0 Å². The van der Waals surface area contributed by atoms with Crippen molar-refractivity contribution in [3.05, 3.63) is 198 Å². The molecule has 0 bridgehead atoms. The third-order valence-electron chi connectivity index (χ3n) is 12.7. The molecule has 0 amide bonds. The molecule has 3 aromatic heterocycles. The molecule has 11 rings (SSSR count). The summed E-state index contributed by atoms with van der Waals surface area (Å²) in [6.45, 7) is 10.8. The Morgan fingerprint density at radius 2 is 1.42 bits per heavy atom. The number of fused-ring (bicyclic) bond motifs is 7. The van der Waals surface area contributed by atoms with Gasteiger partial charge in [-0.15, -0.1) is 53.6 Å². The zero-order valence-electron chi connectivity index (χ0n) is 44.7. The number of hydrogen-bond acceptors (Lipinski definition) is 3. The minimum absolute atomic E-state index is 0. The standard InChI is InChI=1S/C46H37N2O.C16H18N.Ir/c1-27(2)37-24-33(30-14-7-6-8-15-30)25-38(28(3)4)44(37)48-43-29(5)13-11-20-41(43)47-46(48)36-19-12-18-35-40-23-32-22-21-31-16-9-10-17-34(31)39(32)26-42(40)49-45(35)36;1-12-5-7-13(8-6-12)15-10-9-14(11-17-15)16(2,3)4;/h6-18,20-28H,1-5H3;5-7,9-11H,1-4H3;/q2*-1;/i5D3;1D3;. The zero-order valence-corrected chi connectivity index (χ0v) is 41.1. The fraction of sp³-hybridized carbons (Fsp3) is 0.194. The Bertz CT molecular complexity index is 3720. The summed E-state index contributed by atoms with van der Waals surface area (Å²) in [6, 6.07) is 56.8. The number of furan rings is 1. The fourth-order valence-electron chi connectivity index (χ4n) is 9.12. The molecule has 335 valence electrons. The number of aryl methyl sites for hydroxylation is 2. The summed E-state index contributed by atoms with van der Waals surface area (Å²) >= 11 is 0. The van der Waals surface area contributed by atoms with Crippen LogP contribution in [0.25, 0.3) is 94.0 Å². The van der Waals surface area contributed by atoms with Gasteiger partial charge in [-0.2, -0.15) is 0 Å². The second-order valence-corrected chi connectivity index (χ2v) is 18.8. The van der Waals surface area contributed by atoms with E-state index < -0.39 is 13.7 Å². The normalized spacial score (nSPS) is 13.5. The van der Waals surface area contributed by atoms with Gasteiger partial charge in [-0.3, -0.25) is 4.98 Å². The molecule has 0 N–H and O–H groups in total. The molecule has 67 heavy (non-hydrogen) atoms. The molecule has 3 heterocycles. The Kier molecular flexibility index (Phi) is 10.4. The molecule has 0 saturated heterocycles. The third kappa shape index (κ3) is 8.52. The van der Waals surface area contributed by atoms with Gasteiger partial charge in [-0.25, -0.2) is 0 Å². The molecule has 8 aromatic carbocycles. The van der Waals surface area contributed by atoms with Crippen molar-refractivity contribution in [1.29, 1.82) is 0 Å². The van der Waals surface area contributed by atoms with Crippen molar-refractivity contribution in [2.45, 2.75) is 79.4 Å². The summed E-state index contributed by atoms with van der Waals surface area (Å²) in [5.41, 5.74) is 12.2. The Morgan fingerprint density at radius 3 is 2.10 bits per heavy atom. The van der Waals surface area contributed by atoms with Crippen molar-refractivity contribution in [3.8, 4) is 39.5 Å². The van der Waals surface area contributed by atoms with E-state index in [2.05, 4.69) is 155 Å². The van der Waals surface area contributed by atoms with Crippen molar-refractivity contribution in [3.63, 3.8) is 0 Å². The average Bonchev–Trinajstić information content (AvgIpc) is 3.93. The van der Waals surface area contributed by atoms with E-state index in [4.69, 9.17) is 17.6 Å². The summed E-state index contributed by atoms with van der Waals surface area (Å²) in [4.78, 5) is 9.69. The summed E-state index contributed by atoms with van der Waals surface area (Å²) < 4.78 is 56.9. The number of imidazole rings is 1. The second kappa shape index (κ2) is 18.2. The van der Waals surface area contributed by atoms with Gasteiger partial charge in [0.2, 0.25) is 0 Å².